The number of benzene rings is 2. The molecule has 0 saturated carbocycles. The Morgan fingerprint density at radius 1 is 1.04 bits per heavy atom. The monoisotopic (exact) mass is 345 g/mol. The summed E-state index contributed by atoms with van der Waals surface area (Å²) in [6.07, 6.45) is 0.383. The molecule has 2 amide bonds. The van der Waals surface area contributed by atoms with Crippen LogP contribution in [0.1, 0.15) is 16.8 Å². The quantitative estimate of drug-likeness (QED) is 0.750. The van der Waals surface area contributed by atoms with Crippen LogP contribution in [-0.4, -0.2) is 31.4 Å². The topological polar surface area (TPSA) is 84.2 Å². The Morgan fingerprint density at radius 2 is 1.58 bits per heavy atom. The Hall–Kier alpha value is -2.37. The van der Waals surface area contributed by atoms with E-state index in [0.717, 1.165) is 11.1 Å². The second-order valence-electron chi connectivity index (χ2n) is 5.30. The van der Waals surface area contributed by atoms with Crippen LogP contribution in [0, 0.1) is 0 Å². The second kappa shape index (κ2) is 8.47. The van der Waals surface area contributed by atoms with E-state index in [9.17, 15) is 9.59 Å². The van der Waals surface area contributed by atoms with Crippen LogP contribution in [0.2, 0.25) is 5.02 Å². The van der Waals surface area contributed by atoms with E-state index in [1.165, 1.54) is 7.05 Å². The lowest BCUT2D eigenvalue weighted by Gasteiger charge is -2.16. The molecule has 2 aromatic rings. The largest absolute Gasteiger partial charge is 0.357 e. The van der Waals surface area contributed by atoms with Gasteiger partial charge in [0.15, 0.2) is 0 Å². The van der Waals surface area contributed by atoms with E-state index in [1.54, 1.807) is 12.1 Å². The van der Waals surface area contributed by atoms with Crippen LogP contribution in [-0.2, 0) is 4.79 Å². The third-order valence-corrected chi connectivity index (χ3v) is 3.90. The molecular formula is C18H20ClN3O2. The fourth-order valence-electron chi connectivity index (χ4n) is 2.31. The molecule has 2 aromatic carbocycles. The van der Waals surface area contributed by atoms with E-state index in [1.807, 2.05) is 36.4 Å². The van der Waals surface area contributed by atoms with Crippen molar-refractivity contribution in [1.82, 2.24) is 10.6 Å². The van der Waals surface area contributed by atoms with Gasteiger partial charge >= 0.3 is 0 Å². The summed E-state index contributed by atoms with van der Waals surface area (Å²) < 4.78 is 0. The van der Waals surface area contributed by atoms with Crippen molar-refractivity contribution in [3.63, 3.8) is 0 Å². The van der Waals surface area contributed by atoms with Gasteiger partial charge in [0.2, 0.25) is 5.91 Å². The Morgan fingerprint density at radius 3 is 2.08 bits per heavy atom. The maximum absolute atomic E-state index is 12.3. The van der Waals surface area contributed by atoms with Crippen molar-refractivity contribution in [2.75, 3.05) is 13.6 Å². The van der Waals surface area contributed by atoms with E-state index in [2.05, 4.69) is 10.6 Å². The standard InChI is InChI=1S/C18H20ClN3O2/c1-21-18(24)16(10-11-20)22-17(23)14-4-2-12(3-5-14)13-6-8-15(19)9-7-13/h2-9,16H,10-11,20H2,1H3,(H,21,24)(H,22,23)/t16-/m0/s1. The van der Waals surface area contributed by atoms with Gasteiger partial charge in [0.05, 0.1) is 0 Å². The predicted octanol–water partition coefficient (Wildman–Crippen LogP) is 2.20. The molecule has 0 saturated heterocycles. The number of carbonyl (C=O) groups is 2. The van der Waals surface area contributed by atoms with Crippen molar-refractivity contribution in [3.8, 4) is 11.1 Å². The Kier molecular flexibility index (Phi) is 6.35. The highest BCUT2D eigenvalue weighted by molar-refractivity contribution is 6.30. The molecule has 1 atom stereocenters. The zero-order chi connectivity index (χ0) is 17.5. The fraction of sp³-hybridized carbons (Fsp3) is 0.222. The van der Waals surface area contributed by atoms with Gasteiger partial charge in [0.25, 0.3) is 5.91 Å². The summed E-state index contributed by atoms with van der Waals surface area (Å²) in [4.78, 5) is 24.0. The smallest absolute Gasteiger partial charge is 0.251 e. The first-order valence-electron chi connectivity index (χ1n) is 7.63. The lowest BCUT2D eigenvalue weighted by molar-refractivity contribution is -0.122. The molecule has 5 nitrogen and oxygen atoms in total. The molecule has 0 aliphatic carbocycles. The van der Waals surface area contributed by atoms with Gasteiger partial charge in [-0.2, -0.15) is 0 Å². The minimum Gasteiger partial charge on any atom is -0.357 e. The highest BCUT2D eigenvalue weighted by Gasteiger charge is 2.19. The minimum atomic E-state index is -0.636. The van der Waals surface area contributed by atoms with E-state index < -0.39 is 6.04 Å². The van der Waals surface area contributed by atoms with Gasteiger partial charge in [-0.3, -0.25) is 9.59 Å². The van der Waals surface area contributed by atoms with Gasteiger partial charge < -0.3 is 16.4 Å². The van der Waals surface area contributed by atoms with Crippen LogP contribution in [0.25, 0.3) is 11.1 Å². The Labute approximate surface area is 146 Å². The summed E-state index contributed by atoms with van der Waals surface area (Å²) in [5.74, 6) is -0.564. The molecule has 4 N–H and O–H groups in total. The van der Waals surface area contributed by atoms with E-state index in [0.29, 0.717) is 23.6 Å². The summed E-state index contributed by atoms with van der Waals surface area (Å²) in [5.41, 5.74) is 7.97. The minimum absolute atomic E-state index is 0.258. The lowest BCUT2D eigenvalue weighted by atomic mass is 10.0. The summed E-state index contributed by atoms with van der Waals surface area (Å²) >= 11 is 5.88. The molecule has 0 bridgehead atoms. The second-order valence-corrected chi connectivity index (χ2v) is 5.74. The predicted molar refractivity (Wildman–Crippen MR) is 95.9 cm³/mol. The molecule has 0 fully saturated rings. The highest BCUT2D eigenvalue weighted by atomic mass is 35.5. The number of rotatable bonds is 6. The molecule has 0 heterocycles. The zero-order valence-corrected chi connectivity index (χ0v) is 14.1. The van der Waals surface area contributed by atoms with Crippen LogP contribution in [0.15, 0.2) is 48.5 Å². The molecule has 0 unspecified atom stereocenters. The number of halogens is 1. The molecule has 0 radical (unpaired) electrons. The average Bonchev–Trinajstić information content (AvgIpc) is 2.61. The third kappa shape index (κ3) is 4.57. The van der Waals surface area contributed by atoms with Gasteiger partial charge in [-0.15, -0.1) is 0 Å². The van der Waals surface area contributed by atoms with Crippen LogP contribution in [0.3, 0.4) is 0 Å². The van der Waals surface area contributed by atoms with Crippen molar-refractivity contribution in [2.24, 2.45) is 5.73 Å². The van der Waals surface area contributed by atoms with Gasteiger partial charge in [0.1, 0.15) is 6.04 Å². The molecule has 126 valence electrons. The summed E-state index contributed by atoms with van der Waals surface area (Å²) in [6.45, 7) is 0.313. The van der Waals surface area contributed by atoms with Crippen molar-refractivity contribution < 1.29 is 9.59 Å². The zero-order valence-electron chi connectivity index (χ0n) is 13.4. The Balaban J connectivity index is 2.10. The third-order valence-electron chi connectivity index (χ3n) is 3.65. The number of nitrogens with one attached hydrogen (secondary N) is 2. The molecule has 0 spiro atoms. The first-order chi connectivity index (χ1) is 11.5. The molecule has 0 aliphatic heterocycles. The molecule has 6 heteroatoms. The van der Waals surface area contributed by atoms with E-state index >= 15 is 0 Å². The first kappa shape index (κ1) is 18.0. The SMILES string of the molecule is CNC(=O)[C@H](CCN)NC(=O)c1ccc(-c2ccc(Cl)cc2)cc1. The van der Waals surface area contributed by atoms with Crippen LogP contribution in [0.5, 0.6) is 0 Å². The molecule has 0 aromatic heterocycles. The number of amides is 2. The number of carbonyl (C=O) groups excluding carboxylic acids is 2. The summed E-state index contributed by atoms with van der Waals surface area (Å²) in [5, 5.41) is 5.90. The van der Waals surface area contributed by atoms with Gasteiger partial charge in [0, 0.05) is 17.6 Å². The van der Waals surface area contributed by atoms with Crippen LogP contribution >= 0.6 is 11.6 Å². The normalized spacial score (nSPS) is 11.6. The van der Waals surface area contributed by atoms with E-state index in [-0.39, 0.29) is 11.8 Å². The van der Waals surface area contributed by atoms with Crippen molar-refractivity contribution in [3.05, 3.63) is 59.1 Å². The average molecular weight is 346 g/mol. The molecule has 24 heavy (non-hydrogen) atoms. The van der Waals surface area contributed by atoms with Crippen molar-refractivity contribution in [1.29, 1.82) is 0 Å². The van der Waals surface area contributed by atoms with Gasteiger partial charge in [-0.25, -0.2) is 0 Å². The number of likely N-dealkylation sites (N-methyl/N-ethyl adjacent to an activating group) is 1. The van der Waals surface area contributed by atoms with E-state index in [4.69, 9.17) is 17.3 Å². The maximum Gasteiger partial charge on any atom is 0.251 e. The molecule has 2 rings (SSSR count). The van der Waals surface area contributed by atoms with Crippen molar-refractivity contribution >= 4 is 23.4 Å². The lowest BCUT2D eigenvalue weighted by Crippen LogP contribution is -2.46. The fourth-order valence-corrected chi connectivity index (χ4v) is 2.43. The molecular weight excluding hydrogens is 326 g/mol. The number of hydrogen-bond donors (Lipinski definition) is 3. The molecule has 0 aliphatic rings. The highest BCUT2D eigenvalue weighted by Crippen LogP contribution is 2.21. The number of hydrogen-bond acceptors (Lipinski definition) is 3. The first-order valence-corrected chi connectivity index (χ1v) is 8.01. The van der Waals surface area contributed by atoms with Gasteiger partial charge in [-0.1, -0.05) is 35.9 Å². The number of nitrogens with two attached hydrogens (primary N) is 1. The summed E-state index contributed by atoms with van der Waals surface area (Å²) in [7, 11) is 1.53. The summed E-state index contributed by atoms with van der Waals surface area (Å²) in [6, 6.07) is 14.0. The maximum atomic E-state index is 12.3. The van der Waals surface area contributed by atoms with Crippen LogP contribution < -0.4 is 16.4 Å². The van der Waals surface area contributed by atoms with Crippen molar-refractivity contribution in [2.45, 2.75) is 12.5 Å². The van der Waals surface area contributed by atoms with Gasteiger partial charge in [-0.05, 0) is 48.4 Å². The van der Waals surface area contributed by atoms with Crippen LogP contribution in [0.4, 0.5) is 0 Å². The Bertz CT molecular complexity index is 699.